The highest BCUT2D eigenvalue weighted by Gasteiger charge is 2.26. The Balaban J connectivity index is 1.98. The van der Waals surface area contributed by atoms with E-state index in [4.69, 9.17) is 0 Å². The number of hydrogen-bond acceptors (Lipinski definition) is 9. The van der Waals surface area contributed by atoms with E-state index in [9.17, 15) is 25.0 Å². The zero-order chi connectivity index (χ0) is 21.3. The highest BCUT2D eigenvalue weighted by molar-refractivity contribution is 7.18. The van der Waals surface area contributed by atoms with Crippen molar-refractivity contribution in [2.45, 2.75) is 26.2 Å². The average Bonchev–Trinajstić information content (AvgIpc) is 3.30. The molecule has 0 atom stereocenters. The van der Waals surface area contributed by atoms with E-state index in [0.29, 0.717) is 10.7 Å². The van der Waals surface area contributed by atoms with Crippen molar-refractivity contribution in [1.82, 2.24) is 19.7 Å². The van der Waals surface area contributed by atoms with Crippen LogP contribution in [0.15, 0.2) is 30.9 Å². The topological polar surface area (TPSA) is 159 Å². The van der Waals surface area contributed by atoms with Gasteiger partial charge in [0.1, 0.15) is 17.7 Å². The maximum absolute atomic E-state index is 12.6. The van der Waals surface area contributed by atoms with Gasteiger partial charge in [-0.05, 0) is 0 Å². The summed E-state index contributed by atoms with van der Waals surface area (Å²) in [4.78, 5) is 41.4. The second kappa shape index (κ2) is 7.35. The van der Waals surface area contributed by atoms with E-state index in [1.165, 1.54) is 17.3 Å². The molecule has 0 spiro atoms. The van der Waals surface area contributed by atoms with Gasteiger partial charge in [-0.3, -0.25) is 30.3 Å². The molecule has 13 heteroatoms. The van der Waals surface area contributed by atoms with Gasteiger partial charge in [0.25, 0.3) is 17.3 Å². The summed E-state index contributed by atoms with van der Waals surface area (Å²) in [5.41, 5.74) is -1.04. The first kappa shape index (κ1) is 20.0. The van der Waals surface area contributed by atoms with Gasteiger partial charge in [-0.25, -0.2) is 14.6 Å². The number of rotatable bonds is 5. The molecule has 3 rings (SSSR count). The standard InChI is InChI=1S/C16H15N7O5S/c1-16(2,3)12-14(21-8-17-7-18-21)29-15(19-12)20-13(24)9-4-10(22(25)26)6-11(5-9)23(27)28/h4-8H,1-3H3,(H,19,20,24). The number of hydrogen-bond donors (Lipinski definition) is 1. The van der Waals surface area contributed by atoms with Crippen LogP contribution >= 0.6 is 11.3 Å². The number of carbonyl (C=O) groups is 1. The van der Waals surface area contributed by atoms with Gasteiger partial charge in [-0.15, -0.1) is 0 Å². The SMILES string of the molecule is CC(C)(C)c1nc(NC(=O)c2cc([N+](=O)[O-])cc([N+](=O)[O-])c2)sc1-n1cncn1. The van der Waals surface area contributed by atoms with E-state index >= 15 is 0 Å². The number of carbonyl (C=O) groups excluding carboxylic acids is 1. The van der Waals surface area contributed by atoms with Crippen molar-refractivity contribution in [3.8, 4) is 5.00 Å². The minimum atomic E-state index is -0.798. The first-order chi connectivity index (χ1) is 13.6. The highest BCUT2D eigenvalue weighted by Crippen LogP contribution is 2.34. The Labute approximate surface area is 167 Å². The maximum atomic E-state index is 12.6. The lowest BCUT2D eigenvalue weighted by Gasteiger charge is -2.16. The largest absolute Gasteiger partial charge is 0.298 e. The second-order valence-electron chi connectivity index (χ2n) is 6.97. The number of nitro groups is 2. The fourth-order valence-electron chi connectivity index (χ4n) is 2.43. The van der Waals surface area contributed by atoms with E-state index < -0.39 is 27.1 Å². The van der Waals surface area contributed by atoms with Crippen molar-refractivity contribution >= 4 is 33.8 Å². The number of nitro benzene ring substituents is 2. The smallest absolute Gasteiger partial charge is 0.277 e. The molecule has 0 bridgehead atoms. The second-order valence-corrected chi connectivity index (χ2v) is 7.95. The number of aromatic nitrogens is 4. The van der Waals surface area contributed by atoms with Gasteiger partial charge in [-0.2, -0.15) is 5.10 Å². The van der Waals surface area contributed by atoms with E-state index in [2.05, 4.69) is 20.4 Å². The summed E-state index contributed by atoms with van der Waals surface area (Å²) in [6.07, 6.45) is 2.87. The first-order valence-electron chi connectivity index (χ1n) is 8.18. The molecular weight excluding hydrogens is 402 g/mol. The van der Waals surface area contributed by atoms with Crippen molar-refractivity contribution < 1.29 is 14.6 Å². The maximum Gasteiger partial charge on any atom is 0.277 e. The molecule has 0 aliphatic rings. The molecule has 0 aliphatic carbocycles. The summed E-state index contributed by atoms with van der Waals surface area (Å²) >= 11 is 1.14. The van der Waals surface area contributed by atoms with Crippen LogP contribution in [0, 0.1) is 20.2 Å². The van der Waals surface area contributed by atoms with Gasteiger partial charge in [0.2, 0.25) is 0 Å². The van der Waals surface area contributed by atoms with Crippen LogP contribution in [0.1, 0.15) is 36.8 Å². The normalized spacial score (nSPS) is 11.3. The van der Waals surface area contributed by atoms with Crippen LogP contribution in [0.3, 0.4) is 0 Å². The summed E-state index contributed by atoms with van der Waals surface area (Å²) < 4.78 is 1.52. The van der Waals surface area contributed by atoms with Crippen molar-refractivity contribution in [2.24, 2.45) is 0 Å². The summed E-state index contributed by atoms with van der Waals surface area (Å²) in [6.45, 7) is 5.83. The molecule has 0 saturated carbocycles. The number of non-ortho nitro benzene ring substituents is 2. The third-order valence-electron chi connectivity index (χ3n) is 3.75. The van der Waals surface area contributed by atoms with Crippen molar-refractivity contribution in [2.75, 3.05) is 5.32 Å². The molecule has 29 heavy (non-hydrogen) atoms. The van der Waals surface area contributed by atoms with E-state index in [0.717, 1.165) is 29.5 Å². The van der Waals surface area contributed by atoms with Gasteiger partial charge < -0.3 is 0 Å². The van der Waals surface area contributed by atoms with Crippen LogP contribution in [0.5, 0.6) is 0 Å². The Morgan fingerprint density at radius 3 is 2.24 bits per heavy atom. The summed E-state index contributed by atoms with van der Waals surface area (Å²) in [6, 6.07) is 2.73. The van der Waals surface area contributed by atoms with Crippen LogP contribution in [-0.4, -0.2) is 35.5 Å². The van der Waals surface area contributed by atoms with Crippen LogP contribution in [0.2, 0.25) is 0 Å². The van der Waals surface area contributed by atoms with Gasteiger partial charge >= 0.3 is 0 Å². The molecule has 0 unspecified atom stereocenters. The van der Waals surface area contributed by atoms with E-state index in [-0.39, 0.29) is 16.1 Å². The molecule has 3 aromatic rings. The number of nitrogens with zero attached hydrogens (tertiary/aromatic N) is 6. The molecule has 1 aromatic carbocycles. The number of amides is 1. The van der Waals surface area contributed by atoms with E-state index in [1.54, 1.807) is 0 Å². The summed E-state index contributed by atoms with van der Waals surface area (Å²) in [5.74, 6) is -0.754. The lowest BCUT2D eigenvalue weighted by atomic mass is 9.92. The van der Waals surface area contributed by atoms with Crippen LogP contribution in [0.4, 0.5) is 16.5 Å². The average molecular weight is 417 g/mol. The van der Waals surface area contributed by atoms with Crippen molar-refractivity contribution in [3.05, 3.63) is 62.3 Å². The molecule has 0 radical (unpaired) electrons. The first-order valence-corrected chi connectivity index (χ1v) is 8.99. The molecular formula is C16H15N7O5S. The summed E-state index contributed by atoms with van der Waals surface area (Å²) in [5, 5.41) is 29.6. The monoisotopic (exact) mass is 417 g/mol. The Morgan fingerprint density at radius 1 is 1.14 bits per heavy atom. The van der Waals surface area contributed by atoms with E-state index in [1.807, 2.05) is 20.8 Å². The van der Waals surface area contributed by atoms with Crippen molar-refractivity contribution in [3.63, 3.8) is 0 Å². The lowest BCUT2D eigenvalue weighted by molar-refractivity contribution is -0.394. The third-order valence-corrected chi connectivity index (χ3v) is 4.71. The van der Waals surface area contributed by atoms with Crippen LogP contribution in [0.25, 0.3) is 5.00 Å². The molecule has 0 aliphatic heterocycles. The molecule has 2 aromatic heterocycles. The van der Waals surface area contributed by atoms with Crippen LogP contribution in [-0.2, 0) is 5.41 Å². The Morgan fingerprint density at radius 2 is 1.76 bits per heavy atom. The molecule has 0 fully saturated rings. The van der Waals surface area contributed by atoms with Gasteiger partial charge in [-0.1, -0.05) is 32.1 Å². The number of benzene rings is 1. The van der Waals surface area contributed by atoms with Crippen molar-refractivity contribution in [1.29, 1.82) is 0 Å². The minimum absolute atomic E-state index is 0.222. The fraction of sp³-hybridized carbons (Fsp3) is 0.250. The fourth-order valence-corrected chi connectivity index (χ4v) is 3.53. The Bertz CT molecular complexity index is 1070. The predicted molar refractivity (Wildman–Crippen MR) is 103 cm³/mol. The van der Waals surface area contributed by atoms with Gasteiger partial charge in [0, 0.05) is 17.5 Å². The van der Waals surface area contributed by atoms with Gasteiger partial charge in [0.05, 0.1) is 27.2 Å². The quantitative estimate of drug-likeness (QED) is 0.489. The predicted octanol–water partition coefficient (Wildman–Crippen LogP) is 3.09. The third kappa shape index (κ3) is 4.24. The van der Waals surface area contributed by atoms with Crippen LogP contribution < -0.4 is 5.32 Å². The number of thiazole rings is 1. The zero-order valence-electron chi connectivity index (χ0n) is 15.5. The molecule has 1 amide bonds. The Kier molecular flexibility index (Phi) is 5.07. The highest BCUT2D eigenvalue weighted by atomic mass is 32.1. The summed E-state index contributed by atoms with van der Waals surface area (Å²) in [7, 11) is 0. The molecule has 2 heterocycles. The zero-order valence-corrected chi connectivity index (χ0v) is 16.3. The Hall–Kier alpha value is -3.74. The lowest BCUT2D eigenvalue weighted by Crippen LogP contribution is -2.16. The molecule has 12 nitrogen and oxygen atoms in total. The molecule has 0 saturated heterocycles. The number of nitrogens with one attached hydrogen (secondary N) is 1. The molecule has 150 valence electrons. The molecule has 1 N–H and O–H groups in total. The minimum Gasteiger partial charge on any atom is -0.298 e. The number of anilines is 1. The van der Waals surface area contributed by atoms with Gasteiger partial charge in [0.15, 0.2) is 5.13 Å².